The normalized spacial score (nSPS) is 18.3. The highest BCUT2D eigenvalue weighted by molar-refractivity contribution is 5.91. The highest BCUT2D eigenvalue weighted by Gasteiger charge is 2.25. The zero-order valence-corrected chi connectivity index (χ0v) is 12.3. The molecule has 0 aromatic heterocycles. The number of hydrogen-bond acceptors (Lipinski definition) is 2. The summed E-state index contributed by atoms with van der Waals surface area (Å²) in [6.45, 7) is 2.86. The van der Waals surface area contributed by atoms with Crippen LogP contribution in [0.25, 0.3) is 0 Å². The molecule has 0 spiro atoms. The van der Waals surface area contributed by atoms with Crippen LogP contribution in [-0.4, -0.2) is 34.6 Å². The van der Waals surface area contributed by atoms with E-state index in [0.717, 1.165) is 32.2 Å². The highest BCUT2D eigenvalue weighted by Crippen LogP contribution is 2.22. The van der Waals surface area contributed by atoms with Crippen LogP contribution in [0.4, 0.5) is 10.5 Å². The summed E-state index contributed by atoms with van der Waals surface area (Å²) in [6.07, 6.45) is 4.09. The molecule has 5 nitrogen and oxygen atoms in total. The summed E-state index contributed by atoms with van der Waals surface area (Å²) in [7, 11) is 0. The average molecular weight is 290 g/mol. The Morgan fingerprint density at radius 1 is 1.33 bits per heavy atom. The molecule has 0 aliphatic carbocycles. The Bertz CT molecular complexity index is 516. The smallest absolute Gasteiger partial charge is 0.322 e. The fourth-order valence-corrected chi connectivity index (χ4v) is 2.84. The quantitative estimate of drug-likeness (QED) is 0.895. The van der Waals surface area contributed by atoms with Crippen molar-refractivity contribution in [3.05, 3.63) is 29.8 Å². The Morgan fingerprint density at radius 2 is 2.10 bits per heavy atom. The lowest BCUT2D eigenvalue weighted by molar-refractivity contribution is -0.136. The molecule has 0 radical (unpaired) electrons. The van der Waals surface area contributed by atoms with Gasteiger partial charge in [-0.2, -0.15) is 0 Å². The maximum absolute atomic E-state index is 12.4. The van der Waals surface area contributed by atoms with Crippen molar-refractivity contribution in [2.75, 3.05) is 11.9 Å². The molecule has 2 rings (SSSR count). The number of rotatable bonds is 4. The second kappa shape index (κ2) is 7.11. The van der Waals surface area contributed by atoms with Crippen LogP contribution in [0.1, 0.15) is 38.2 Å². The average Bonchev–Trinajstić information content (AvgIpc) is 2.48. The maximum Gasteiger partial charge on any atom is 0.322 e. The molecule has 1 aromatic rings. The van der Waals surface area contributed by atoms with Crippen LogP contribution in [-0.2, 0) is 11.2 Å². The summed E-state index contributed by atoms with van der Waals surface area (Å²) in [4.78, 5) is 25.2. The minimum atomic E-state index is -0.902. The van der Waals surface area contributed by atoms with Crippen molar-refractivity contribution >= 4 is 17.7 Å². The Morgan fingerprint density at radius 3 is 2.81 bits per heavy atom. The number of carboxylic acids is 1. The number of likely N-dealkylation sites (tertiary alicyclic amines) is 1. The van der Waals surface area contributed by atoms with Crippen LogP contribution >= 0.6 is 0 Å². The molecule has 1 saturated heterocycles. The molecule has 2 N–H and O–H groups in total. The second-order valence-corrected chi connectivity index (χ2v) is 5.41. The molecule has 1 aliphatic rings. The molecule has 1 aromatic carbocycles. The molecule has 0 bridgehead atoms. The van der Waals surface area contributed by atoms with Gasteiger partial charge < -0.3 is 15.3 Å². The zero-order chi connectivity index (χ0) is 15.2. The lowest BCUT2D eigenvalue weighted by Gasteiger charge is -2.35. The molecular formula is C16H22N2O3. The summed E-state index contributed by atoms with van der Waals surface area (Å²) in [5, 5.41) is 11.8. The number of carbonyl (C=O) groups is 2. The van der Waals surface area contributed by atoms with Crippen molar-refractivity contribution in [2.24, 2.45) is 0 Å². The summed E-state index contributed by atoms with van der Waals surface area (Å²) in [6, 6.07) is 7.22. The first-order valence-electron chi connectivity index (χ1n) is 7.49. The van der Waals surface area contributed by atoms with E-state index in [0.29, 0.717) is 11.3 Å². The first-order valence-corrected chi connectivity index (χ1v) is 7.49. The number of para-hydroxylation sites is 1. The third-order valence-corrected chi connectivity index (χ3v) is 3.96. The number of carbonyl (C=O) groups excluding carboxylic acids is 1. The van der Waals surface area contributed by atoms with Gasteiger partial charge in [0.05, 0.1) is 6.42 Å². The van der Waals surface area contributed by atoms with Gasteiger partial charge in [-0.05, 0) is 37.3 Å². The van der Waals surface area contributed by atoms with Crippen LogP contribution < -0.4 is 5.32 Å². The molecule has 5 heteroatoms. The number of nitrogens with zero attached hydrogens (tertiary/aromatic N) is 1. The number of urea groups is 1. The number of hydrogen-bond donors (Lipinski definition) is 2. The number of anilines is 1. The van der Waals surface area contributed by atoms with E-state index < -0.39 is 5.97 Å². The van der Waals surface area contributed by atoms with Crippen LogP contribution in [0, 0.1) is 0 Å². The van der Waals surface area contributed by atoms with Gasteiger partial charge in [0, 0.05) is 18.3 Å². The predicted octanol–water partition coefficient (Wildman–Crippen LogP) is 3.11. The van der Waals surface area contributed by atoms with Gasteiger partial charge in [-0.1, -0.05) is 25.1 Å². The number of piperidine rings is 1. The molecule has 0 saturated carbocycles. The summed E-state index contributed by atoms with van der Waals surface area (Å²) >= 11 is 0. The molecule has 1 fully saturated rings. The monoisotopic (exact) mass is 290 g/mol. The molecule has 1 heterocycles. The Kier molecular flexibility index (Phi) is 5.20. The lowest BCUT2D eigenvalue weighted by atomic mass is 10.0. The maximum atomic E-state index is 12.4. The number of carboxylic acid groups (broad SMARTS) is 1. The fraction of sp³-hybridized carbons (Fsp3) is 0.500. The number of aliphatic carboxylic acids is 1. The van der Waals surface area contributed by atoms with E-state index in [-0.39, 0.29) is 18.5 Å². The van der Waals surface area contributed by atoms with E-state index in [2.05, 4.69) is 12.2 Å². The van der Waals surface area contributed by atoms with Gasteiger partial charge in [0.15, 0.2) is 0 Å². The molecule has 2 amide bonds. The topological polar surface area (TPSA) is 69.6 Å². The summed E-state index contributed by atoms with van der Waals surface area (Å²) in [5.41, 5.74) is 1.22. The standard InChI is InChI=1S/C16H22N2O3/c1-2-13-8-5-6-10-18(13)16(21)17-14-9-4-3-7-12(14)11-15(19)20/h3-4,7,9,13H,2,5-6,8,10-11H2,1H3,(H,17,21)(H,19,20). The summed E-state index contributed by atoms with van der Waals surface area (Å²) < 4.78 is 0. The minimum Gasteiger partial charge on any atom is -0.481 e. The molecule has 1 unspecified atom stereocenters. The van der Waals surface area contributed by atoms with Gasteiger partial charge >= 0.3 is 12.0 Å². The Hall–Kier alpha value is -2.04. The van der Waals surface area contributed by atoms with Gasteiger partial charge in [0.2, 0.25) is 0 Å². The van der Waals surface area contributed by atoms with E-state index in [1.807, 2.05) is 4.90 Å². The Labute approximate surface area is 125 Å². The van der Waals surface area contributed by atoms with Crippen molar-refractivity contribution in [1.29, 1.82) is 0 Å². The largest absolute Gasteiger partial charge is 0.481 e. The van der Waals surface area contributed by atoms with E-state index in [4.69, 9.17) is 5.11 Å². The SMILES string of the molecule is CCC1CCCCN1C(=O)Nc1ccccc1CC(=O)O. The van der Waals surface area contributed by atoms with E-state index in [1.54, 1.807) is 24.3 Å². The third-order valence-electron chi connectivity index (χ3n) is 3.96. The van der Waals surface area contributed by atoms with Gasteiger partial charge in [-0.15, -0.1) is 0 Å². The van der Waals surface area contributed by atoms with Gasteiger partial charge in [-0.25, -0.2) is 4.79 Å². The van der Waals surface area contributed by atoms with Crippen molar-refractivity contribution in [1.82, 2.24) is 4.90 Å². The van der Waals surface area contributed by atoms with Crippen molar-refractivity contribution in [2.45, 2.75) is 45.1 Å². The van der Waals surface area contributed by atoms with E-state index in [9.17, 15) is 9.59 Å². The molecule has 1 atom stereocenters. The fourth-order valence-electron chi connectivity index (χ4n) is 2.84. The molecular weight excluding hydrogens is 268 g/mol. The van der Waals surface area contributed by atoms with Crippen molar-refractivity contribution in [3.63, 3.8) is 0 Å². The number of amides is 2. The highest BCUT2D eigenvalue weighted by atomic mass is 16.4. The first-order chi connectivity index (χ1) is 10.1. The molecule has 1 aliphatic heterocycles. The van der Waals surface area contributed by atoms with E-state index >= 15 is 0 Å². The second-order valence-electron chi connectivity index (χ2n) is 5.41. The van der Waals surface area contributed by atoms with Crippen molar-refractivity contribution in [3.8, 4) is 0 Å². The Balaban J connectivity index is 2.10. The number of nitrogens with one attached hydrogen (secondary N) is 1. The number of benzene rings is 1. The van der Waals surface area contributed by atoms with Crippen molar-refractivity contribution < 1.29 is 14.7 Å². The van der Waals surface area contributed by atoms with E-state index in [1.165, 1.54) is 0 Å². The lowest BCUT2D eigenvalue weighted by Crippen LogP contribution is -2.45. The van der Waals surface area contributed by atoms with Gasteiger partial charge in [0.25, 0.3) is 0 Å². The van der Waals surface area contributed by atoms with Gasteiger partial charge in [-0.3, -0.25) is 4.79 Å². The van der Waals surface area contributed by atoms with Gasteiger partial charge in [0.1, 0.15) is 0 Å². The zero-order valence-electron chi connectivity index (χ0n) is 12.3. The molecule has 21 heavy (non-hydrogen) atoms. The third kappa shape index (κ3) is 3.97. The van der Waals surface area contributed by atoms with Crippen LogP contribution in [0.5, 0.6) is 0 Å². The minimum absolute atomic E-state index is 0.0896. The first kappa shape index (κ1) is 15.4. The van der Waals surface area contributed by atoms with Crippen LogP contribution in [0.2, 0.25) is 0 Å². The summed E-state index contributed by atoms with van der Waals surface area (Å²) in [5.74, 6) is -0.902. The predicted molar refractivity (Wildman–Crippen MR) is 81.4 cm³/mol. The van der Waals surface area contributed by atoms with Crippen LogP contribution in [0.15, 0.2) is 24.3 Å². The molecule has 114 valence electrons. The van der Waals surface area contributed by atoms with Crippen LogP contribution in [0.3, 0.4) is 0 Å².